The van der Waals surface area contributed by atoms with E-state index in [4.69, 9.17) is 21.1 Å². The number of hydrogen-bond acceptors (Lipinski definition) is 5. The summed E-state index contributed by atoms with van der Waals surface area (Å²) in [6.07, 6.45) is -0.814. The molecule has 0 saturated heterocycles. The van der Waals surface area contributed by atoms with Crippen molar-refractivity contribution in [3.63, 3.8) is 0 Å². The number of para-hydroxylation sites is 2. The molecular weight excluding hydrogens is 440 g/mol. The van der Waals surface area contributed by atoms with Gasteiger partial charge in [-0.2, -0.15) is 0 Å². The molecule has 2 N–H and O–H groups in total. The zero-order chi connectivity index (χ0) is 22.0. The van der Waals surface area contributed by atoms with Gasteiger partial charge < -0.3 is 14.8 Å². The minimum absolute atomic E-state index is 0.0519. The van der Waals surface area contributed by atoms with Crippen LogP contribution in [0.25, 0.3) is 0 Å². The van der Waals surface area contributed by atoms with Gasteiger partial charge in [-0.1, -0.05) is 29.8 Å². The van der Waals surface area contributed by atoms with Crippen molar-refractivity contribution in [3.05, 3.63) is 77.3 Å². The Bertz CT molecular complexity index is 1230. The van der Waals surface area contributed by atoms with Gasteiger partial charge in [-0.05, 0) is 61.0 Å². The van der Waals surface area contributed by atoms with Crippen LogP contribution in [0.15, 0.2) is 71.6 Å². The molecule has 1 amide bonds. The van der Waals surface area contributed by atoms with Crippen LogP contribution in [0.2, 0.25) is 5.02 Å². The molecule has 0 radical (unpaired) electrons. The molecule has 0 fully saturated rings. The Hall–Kier alpha value is -3.23. The lowest BCUT2D eigenvalue weighted by molar-refractivity contribution is -0.125. The van der Waals surface area contributed by atoms with Crippen molar-refractivity contribution in [2.75, 3.05) is 16.6 Å². The first-order valence-electron chi connectivity index (χ1n) is 9.41. The zero-order valence-electron chi connectivity index (χ0n) is 16.5. The van der Waals surface area contributed by atoms with Gasteiger partial charge in [0.05, 0.1) is 10.6 Å². The van der Waals surface area contributed by atoms with E-state index in [1.54, 1.807) is 43.3 Å². The van der Waals surface area contributed by atoms with Crippen LogP contribution in [0.4, 0.5) is 11.4 Å². The molecule has 160 valence electrons. The minimum atomic E-state index is -3.82. The first-order valence-corrected chi connectivity index (χ1v) is 11.3. The summed E-state index contributed by atoms with van der Waals surface area (Å²) >= 11 is 6.06. The molecule has 1 atom stereocenters. The fourth-order valence-electron chi connectivity index (χ4n) is 3.01. The van der Waals surface area contributed by atoms with Crippen LogP contribution in [0.3, 0.4) is 0 Å². The highest BCUT2D eigenvalue weighted by Gasteiger charge is 2.27. The number of amides is 1. The van der Waals surface area contributed by atoms with Gasteiger partial charge >= 0.3 is 0 Å². The molecule has 0 unspecified atom stereocenters. The predicted octanol–water partition coefficient (Wildman–Crippen LogP) is 4.23. The Labute approximate surface area is 185 Å². The van der Waals surface area contributed by atoms with Crippen molar-refractivity contribution in [1.82, 2.24) is 0 Å². The maximum Gasteiger partial charge on any atom is 0.269 e. The molecule has 1 aliphatic rings. The number of halogens is 1. The predicted molar refractivity (Wildman–Crippen MR) is 118 cm³/mol. The SMILES string of the molecule is Cc1c(Cl)cccc1NS(=O)(=O)c1ccc(NC(=O)[C@@H]2COc3ccccc3O2)cc1. The molecule has 0 aromatic heterocycles. The molecule has 3 aromatic carbocycles. The third kappa shape index (κ3) is 4.60. The summed E-state index contributed by atoms with van der Waals surface area (Å²) in [4.78, 5) is 12.6. The van der Waals surface area contributed by atoms with E-state index in [0.29, 0.717) is 33.5 Å². The summed E-state index contributed by atoms with van der Waals surface area (Å²) in [5.74, 6) is 0.694. The molecule has 1 aliphatic heterocycles. The lowest BCUT2D eigenvalue weighted by Crippen LogP contribution is -2.40. The first kappa shape index (κ1) is 21.0. The van der Waals surface area contributed by atoms with Gasteiger partial charge in [-0.3, -0.25) is 9.52 Å². The van der Waals surface area contributed by atoms with E-state index in [1.807, 2.05) is 6.07 Å². The summed E-state index contributed by atoms with van der Waals surface area (Å²) < 4.78 is 39.1. The van der Waals surface area contributed by atoms with Crippen molar-refractivity contribution in [2.45, 2.75) is 17.9 Å². The van der Waals surface area contributed by atoms with Crippen molar-refractivity contribution in [1.29, 1.82) is 0 Å². The molecule has 0 spiro atoms. The number of carbonyl (C=O) groups is 1. The third-order valence-electron chi connectivity index (χ3n) is 4.75. The molecule has 9 heteroatoms. The second kappa shape index (κ2) is 8.49. The van der Waals surface area contributed by atoms with E-state index < -0.39 is 22.0 Å². The molecule has 7 nitrogen and oxygen atoms in total. The fraction of sp³-hybridized carbons (Fsp3) is 0.136. The Morgan fingerprint density at radius 1 is 1.00 bits per heavy atom. The monoisotopic (exact) mass is 458 g/mol. The van der Waals surface area contributed by atoms with Crippen LogP contribution in [-0.4, -0.2) is 27.0 Å². The topological polar surface area (TPSA) is 93.7 Å². The molecule has 0 saturated carbocycles. The maximum atomic E-state index is 12.7. The van der Waals surface area contributed by atoms with Gasteiger partial charge in [0.25, 0.3) is 15.9 Å². The number of ether oxygens (including phenoxy) is 2. The number of fused-ring (bicyclic) bond motifs is 1. The molecular formula is C22H19ClN2O5S. The van der Waals surface area contributed by atoms with Crippen LogP contribution in [0, 0.1) is 6.92 Å². The number of sulfonamides is 1. The van der Waals surface area contributed by atoms with Crippen LogP contribution in [0.5, 0.6) is 11.5 Å². The molecule has 31 heavy (non-hydrogen) atoms. The lowest BCUT2D eigenvalue weighted by Gasteiger charge is -2.25. The smallest absolute Gasteiger partial charge is 0.269 e. The zero-order valence-corrected chi connectivity index (χ0v) is 18.0. The van der Waals surface area contributed by atoms with Crippen molar-refractivity contribution in [3.8, 4) is 11.5 Å². The molecule has 0 aliphatic carbocycles. The summed E-state index contributed by atoms with van der Waals surface area (Å²) in [7, 11) is -3.82. The van der Waals surface area contributed by atoms with Crippen molar-refractivity contribution < 1.29 is 22.7 Å². The van der Waals surface area contributed by atoms with Gasteiger partial charge in [0.1, 0.15) is 6.61 Å². The Morgan fingerprint density at radius 3 is 2.45 bits per heavy atom. The van der Waals surface area contributed by atoms with E-state index in [0.717, 1.165) is 0 Å². The highest BCUT2D eigenvalue weighted by atomic mass is 35.5. The normalized spacial score (nSPS) is 15.2. The molecule has 0 bridgehead atoms. The quantitative estimate of drug-likeness (QED) is 0.596. The van der Waals surface area contributed by atoms with Gasteiger partial charge in [-0.15, -0.1) is 0 Å². The summed E-state index contributed by atoms with van der Waals surface area (Å²) in [5, 5.41) is 3.18. The van der Waals surface area contributed by atoms with E-state index >= 15 is 0 Å². The van der Waals surface area contributed by atoms with Crippen LogP contribution >= 0.6 is 11.6 Å². The van der Waals surface area contributed by atoms with E-state index in [-0.39, 0.29) is 11.5 Å². The largest absolute Gasteiger partial charge is 0.485 e. The Balaban J connectivity index is 1.43. The molecule has 1 heterocycles. The lowest BCUT2D eigenvalue weighted by atomic mass is 10.2. The number of hydrogen-bond donors (Lipinski definition) is 2. The van der Waals surface area contributed by atoms with Gasteiger partial charge in [0.2, 0.25) is 6.10 Å². The average molecular weight is 459 g/mol. The van der Waals surface area contributed by atoms with Crippen LogP contribution in [-0.2, 0) is 14.8 Å². The second-order valence-electron chi connectivity index (χ2n) is 6.90. The van der Waals surface area contributed by atoms with E-state index in [2.05, 4.69) is 10.0 Å². The van der Waals surface area contributed by atoms with Crippen LogP contribution in [0.1, 0.15) is 5.56 Å². The van der Waals surface area contributed by atoms with Crippen molar-refractivity contribution in [2.24, 2.45) is 0 Å². The summed E-state index contributed by atoms with van der Waals surface area (Å²) in [5.41, 5.74) is 1.47. The van der Waals surface area contributed by atoms with Crippen molar-refractivity contribution >= 4 is 38.9 Å². The van der Waals surface area contributed by atoms with Crippen LogP contribution < -0.4 is 19.5 Å². The number of carbonyl (C=O) groups excluding carboxylic acids is 1. The van der Waals surface area contributed by atoms with Gasteiger partial charge in [-0.25, -0.2) is 8.42 Å². The Morgan fingerprint density at radius 2 is 1.71 bits per heavy atom. The number of benzene rings is 3. The summed E-state index contributed by atoms with van der Waals surface area (Å²) in [6.45, 7) is 1.81. The Kier molecular flexibility index (Phi) is 5.75. The summed E-state index contributed by atoms with van der Waals surface area (Å²) in [6, 6.07) is 17.9. The highest BCUT2D eigenvalue weighted by molar-refractivity contribution is 7.92. The number of nitrogens with one attached hydrogen (secondary N) is 2. The number of rotatable bonds is 5. The molecule has 4 rings (SSSR count). The minimum Gasteiger partial charge on any atom is -0.485 e. The first-order chi connectivity index (χ1) is 14.8. The number of anilines is 2. The van der Waals surface area contributed by atoms with E-state index in [9.17, 15) is 13.2 Å². The fourth-order valence-corrected chi connectivity index (χ4v) is 4.31. The van der Waals surface area contributed by atoms with Gasteiger partial charge in [0.15, 0.2) is 11.5 Å². The third-order valence-corrected chi connectivity index (χ3v) is 6.54. The van der Waals surface area contributed by atoms with E-state index in [1.165, 1.54) is 24.3 Å². The standard InChI is InChI=1S/C22H19ClN2O5S/c1-14-17(23)5-4-6-18(14)25-31(27,28)16-11-9-15(10-12-16)24-22(26)21-13-29-19-7-2-3-8-20(19)30-21/h2-12,21,25H,13H2,1H3,(H,24,26)/t21-/m0/s1. The highest BCUT2D eigenvalue weighted by Crippen LogP contribution is 2.31. The van der Waals surface area contributed by atoms with Gasteiger partial charge in [0, 0.05) is 10.7 Å². The second-order valence-corrected chi connectivity index (χ2v) is 8.99. The maximum absolute atomic E-state index is 12.7. The molecule has 3 aromatic rings. The average Bonchev–Trinajstić information content (AvgIpc) is 2.77.